The predicted molar refractivity (Wildman–Crippen MR) is 95.7 cm³/mol. The first-order valence-corrected chi connectivity index (χ1v) is 9.28. The van der Waals surface area contributed by atoms with Crippen LogP contribution in [-0.2, 0) is 14.2 Å². The van der Waals surface area contributed by atoms with Gasteiger partial charge in [0, 0.05) is 6.61 Å². The van der Waals surface area contributed by atoms with Crippen LogP contribution in [0.3, 0.4) is 0 Å². The lowest BCUT2D eigenvalue weighted by Crippen LogP contribution is -2.61. The van der Waals surface area contributed by atoms with Crippen LogP contribution in [0.5, 0.6) is 0 Å². The van der Waals surface area contributed by atoms with E-state index in [0.717, 1.165) is 25.0 Å². The minimum atomic E-state index is -1.86. The average Bonchev–Trinajstić information content (AvgIpc) is 2.69. The summed E-state index contributed by atoms with van der Waals surface area (Å²) in [5, 5.41) is 67.7. The van der Waals surface area contributed by atoms with E-state index in [1.54, 1.807) is 0 Å². The van der Waals surface area contributed by atoms with Crippen LogP contribution in [0.1, 0.15) is 19.3 Å². The van der Waals surface area contributed by atoms with Crippen molar-refractivity contribution >= 4 is 0 Å². The molecule has 0 bridgehead atoms. The van der Waals surface area contributed by atoms with E-state index in [9.17, 15) is 30.6 Å². The van der Waals surface area contributed by atoms with Gasteiger partial charge in [-0.1, -0.05) is 12.2 Å². The zero-order valence-corrected chi connectivity index (χ0v) is 15.7. The molecule has 0 aromatic heterocycles. The Balaban J connectivity index is 2.68. The molecule has 0 saturated carbocycles. The van der Waals surface area contributed by atoms with E-state index in [4.69, 9.17) is 25.1 Å². The van der Waals surface area contributed by atoms with Gasteiger partial charge in [-0.2, -0.15) is 0 Å². The van der Waals surface area contributed by atoms with Gasteiger partial charge >= 0.3 is 0 Å². The maximum atomic E-state index is 10.4. The molecule has 1 fully saturated rings. The fourth-order valence-electron chi connectivity index (χ4n) is 2.61. The van der Waals surface area contributed by atoms with Gasteiger partial charge in [0.2, 0.25) is 0 Å². The van der Waals surface area contributed by atoms with Crippen molar-refractivity contribution in [2.24, 2.45) is 5.73 Å². The van der Waals surface area contributed by atoms with Gasteiger partial charge in [-0.25, -0.2) is 0 Å². The maximum Gasteiger partial charge on any atom is 0.186 e. The molecule has 0 radical (unpaired) electrons. The van der Waals surface area contributed by atoms with Crippen molar-refractivity contribution in [1.29, 1.82) is 0 Å². The lowest BCUT2D eigenvalue weighted by atomic mass is 9.99. The molecule has 0 aromatic rings. The molecule has 8 atom stereocenters. The van der Waals surface area contributed by atoms with E-state index in [0.29, 0.717) is 13.0 Å². The number of nitrogens with two attached hydrogens (primary N) is 1. The van der Waals surface area contributed by atoms with Gasteiger partial charge in [0.15, 0.2) is 12.6 Å². The lowest BCUT2D eigenvalue weighted by molar-refractivity contribution is -0.328. The zero-order valence-electron chi connectivity index (χ0n) is 15.7. The van der Waals surface area contributed by atoms with Crippen LogP contribution in [0.15, 0.2) is 12.2 Å². The largest absolute Gasteiger partial charge is 0.394 e. The molecule has 1 saturated heterocycles. The van der Waals surface area contributed by atoms with Gasteiger partial charge in [-0.15, -0.1) is 0 Å². The first-order chi connectivity index (χ1) is 13.3. The molecule has 1 heterocycles. The highest BCUT2D eigenvalue weighted by Gasteiger charge is 2.46. The quantitative estimate of drug-likeness (QED) is 0.0852. The molecule has 7 unspecified atom stereocenters. The van der Waals surface area contributed by atoms with Crippen molar-refractivity contribution in [2.75, 3.05) is 26.4 Å². The Bertz CT molecular complexity index is 440. The smallest absolute Gasteiger partial charge is 0.186 e. The number of rotatable bonds is 13. The van der Waals surface area contributed by atoms with Crippen molar-refractivity contribution in [2.45, 2.75) is 68.5 Å². The maximum absolute atomic E-state index is 10.4. The van der Waals surface area contributed by atoms with Crippen molar-refractivity contribution < 1.29 is 50.0 Å². The summed E-state index contributed by atoms with van der Waals surface area (Å²) in [4.78, 5) is 0. The highest BCUT2D eigenvalue weighted by molar-refractivity contribution is 4.96. The van der Waals surface area contributed by atoms with Crippen LogP contribution in [0.4, 0.5) is 0 Å². The van der Waals surface area contributed by atoms with Crippen molar-refractivity contribution in [1.82, 2.24) is 0 Å². The Morgan fingerprint density at radius 2 is 1.71 bits per heavy atom. The summed E-state index contributed by atoms with van der Waals surface area (Å²) in [5.74, 6) is 0. The summed E-state index contributed by atoms with van der Waals surface area (Å²) >= 11 is 0. The van der Waals surface area contributed by atoms with E-state index in [2.05, 4.69) is 0 Å². The predicted octanol–water partition coefficient (Wildman–Crippen LogP) is -3.46. The summed E-state index contributed by atoms with van der Waals surface area (Å²) in [5.41, 5.74) is 5.41. The number of unbranched alkanes of at least 4 members (excludes halogenated alkanes) is 2. The molecular weight excluding hydrogens is 378 g/mol. The van der Waals surface area contributed by atoms with Crippen LogP contribution in [0.2, 0.25) is 0 Å². The fourth-order valence-corrected chi connectivity index (χ4v) is 2.61. The van der Waals surface area contributed by atoms with Crippen molar-refractivity contribution in [3.63, 3.8) is 0 Å². The number of hydrogen-bond donors (Lipinski definition) is 8. The number of hydrogen-bond acceptors (Lipinski definition) is 11. The molecule has 0 spiro atoms. The van der Waals surface area contributed by atoms with Gasteiger partial charge < -0.3 is 55.7 Å². The Labute approximate surface area is 163 Å². The van der Waals surface area contributed by atoms with E-state index in [1.165, 1.54) is 0 Å². The molecule has 11 heteroatoms. The molecule has 1 aliphatic rings. The van der Waals surface area contributed by atoms with Crippen LogP contribution < -0.4 is 5.73 Å². The third-order valence-electron chi connectivity index (χ3n) is 4.26. The van der Waals surface area contributed by atoms with Crippen molar-refractivity contribution in [3.8, 4) is 0 Å². The molecule has 0 amide bonds. The number of aliphatic hydroxyl groups excluding tert-OH is 7. The van der Waals surface area contributed by atoms with Crippen LogP contribution in [0, 0.1) is 0 Å². The van der Waals surface area contributed by atoms with Crippen LogP contribution in [0.25, 0.3) is 0 Å². The second-order valence-corrected chi connectivity index (χ2v) is 6.54. The van der Waals surface area contributed by atoms with E-state index < -0.39 is 62.4 Å². The SMILES string of the molecule is NCCCCCOC1OC(CO)C(O)C(OC(O)C(O)/C=C/[C@H](O)CO)C1O. The minimum absolute atomic E-state index is 0.246. The van der Waals surface area contributed by atoms with E-state index in [-0.39, 0.29) is 6.61 Å². The Morgan fingerprint density at radius 3 is 2.32 bits per heavy atom. The number of aliphatic hydroxyl groups is 7. The van der Waals surface area contributed by atoms with Gasteiger partial charge in [0.25, 0.3) is 0 Å². The summed E-state index contributed by atoms with van der Waals surface area (Å²) < 4.78 is 16.0. The van der Waals surface area contributed by atoms with Gasteiger partial charge in [0.05, 0.1) is 19.3 Å². The van der Waals surface area contributed by atoms with E-state index in [1.807, 2.05) is 0 Å². The minimum Gasteiger partial charge on any atom is -0.394 e. The number of ether oxygens (including phenoxy) is 3. The molecule has 0 aliphatic carbocycles. The first-order valence-electron chi connectivity index (χ1n) is 9.28. The Morgan fingerprint density at radius 1 is 1.00 bits per heavy atom. The second kappa shape index (κ2) is 13.5. The third-order valence-corrected chi connectivity index (χ3v) is 4.26. The highest BCUT2D eigenvalue weighted by atomic mass is 16.7. The van der Waals surface area contributed by atoms with Crippen molar-refractivity contribution in [3.05, 3.63) is 12.2 Å². The standard InChI is InChI=1S/C17H33NO10/c18-6-2-1-3-7-26-17-14(24)15(13(23)12(9-20)27-17)28-16(25)11(22)5-4-10(21)8-19/h4-5,10-17,19-25H,1-3,6-9,18H2/b5-4+/t10-,11?,12?,13?,14?,15?,16?,17?/m0/s1. The second-order valence-electron chi connectivity index (χ2n) is 6.54. The summed E-state index contributed by atoms with van der Waals surface area (Å²) in [7, 11) is 0. The Hall–Kier alpha value is -0.700. The molecule has 11 nitrogen and oxygen atoms in total. The molecular formula is C17H33NO10. The van der Waals surface area contributed by atoms with Gasteiger partial charge in [-0.05, 0) is 25.8 Å². The lowest BCUT2D eigenvalue weighted by Gasteiger charge is -2.42. The highest BCUT2D eigenvalue weighted by Crippen LogP contribution is 2.26. The summed E-state index contributed by atoms with van der Waals surface area (Å²) in [6.07, 6.45) is -7.07. The summed E-state index contributed by atoms with van der Waals surface area (Å²) in [6.45, 7) is -0.348. The molecule has 1 aliphatic heterocycles. The van der Waals surface area contributed by atoms with E-state index >= 15 is 0 Å². The molecule has 28 heavy (non-hydrogen) atoms. The molecule has 166 valence electrons. The molecule has 1 rings (SSSR count). The van der Waals surface area contributed by atoms with Gasteiger partial charge in [0.1, 0.15) is 30.5 Å². The third kappa shape index (κ3) is 7.97. The zero-order chi connectivity index (χ0) is 21.1. The van der Waals surface area contributed by atoms with Crippen LogP contribution >= 0.6 is 0 Å². The molecule has 9 N–H and O–H groups in total. The average molecular weight is 411 g/mol. The molecule has 0 aromatic carbocycles. The topological polar surface area (TPSA) is 195 Å². The summed E-state index contributed by atoms with van der Waals surface area (Å²) in [6, 6.07) is 0. The van der Waals surface area contributed by atoms with Gasteiger partial charge in [-0.3, -0.25) is 0 Å². The normalized spacial score (nSPS) is 31.8. The monoisotopic (exact) mass is 411 g/mol. The Kier molecular flexibility index (Phi) is 12.2. The fraction of sp³-hybridized carbons (Fsp3) is 0.882. The van der Waals surface area contributed by atoms with Crippen LogP contribution in [-0.4, -0.2) is 111 Å². The first kappa shape index (κ1) is 25.3.